The van der Waals surface area contributed by atoms with E-state index in [4.69, 9.17) is 4.74 Å². The summed E-state index contributed by atoms with van der Waals surface area (Å²) in [4.78, 5) is 42.5. The number of amidine groups is 1. The fraction of sp³-hybridized carbons (Fsp3) is 0.238. The molecule has 0 aliphatic carbocycles. The van der Waals surface area contributed by atoms with Crippen molar-refractivity contribution in [1.29, 1.82) is 0 Å². The molecular formula is C21H20FN3O4S. The number of thioether (sulfide) groups is 1. The molecule has 0 unspecified atom stereocenters. The normalized spacial score (nSPS) is 17.7. The van der Waals surface area contributed by atoms with Crippen LogP contribution in [0.25, 0.3) is 0 Å². The van der Waals surface area contributed by atoms with Crippen molar-refractivity contribution < 1.29 is 23.5 Å². The van der Waals surface area contributed by atoms with Gasteiger partial charge in [0.2, 0.25) is 11.8 Å². The summed E-state index contributed by atoms with van der Waals surface area (Å²) in [5, 5.41) is 2.11. The van der Waals surface area contributed by atoms with Crippen molar-refractivity contribution in [3.8, 4) is 0 Å². The molecule has 1 N–H and O–H groups in total. The number of nitrogens with zero attached hydrogens (tertiary/aromatic N) is 2. The van der Waals surface area contributed by atoms with Crippen LogP contribution >= 0.6 is 11.8 Å². The van der Waals surface area contributed by atoms with Crippen LogP contribution in [0, 0.1) is 5.82 Å². The van der Waals surface area contributed by atoms with E-state index in [1.807, 2.05) is 0 Å². The Morgan fingerprint density at radius 2 is 1.93 bits per heavy atom. The Bertz CT molecular complexity index is 994. The summed E-state index contributed by atoms with van der Waals surface area (Å²) in [5.74, 6) is -1.73. The summed E-state index contributed by atoms with van der Waals surface area (Å²) >= 11 is 1.12. The highest BCUT2D eigenvalue weighted by Crippen LogP contribution is 2.29. The quantitative estimate of drug-likeness (QED) is 0.734. The predicted molar refractivity (Wildman–Crippen MR) is 113 cm³/mol. The summed E-state index contributed by atoms with van der Waals surface area (Å²) in [6.07, 6.45) is -0.0255. The van der Waals surface area contributed by atoms with Gasteiger partial charge in [-0.25, -0.2) is 14.2 Å². The molecule has 7 nitrogen and oxygen atoms in total. The number of para-hydroxylation sites is 1. The Hall–Kier alpha value is -3.20. The SMILES string of the molecule is CCOC(=O)c1ccc(N=C2S[C@@H](C(=O)Nc3ccccc3F)CC(=O)N2C)cc1. The van der Waals surface area contributed by atoms with E-state index < -0.39 is 22.9 Å². The lowest BCUT2D eigenvalue weighted by molar-refractivity contribution is -0.128. The monoisotopic (exact) mass is 429 g/mol. The number of halogens is 1. The number of carbonyl (C=O) groups is 3. The fourth-order valence-electron chi connectivity index (χ4n) is 2.67. The minimum atomic E-state index is -0.745. The number of amides is 2. The molecule has 3 rings (SSSR count). The number of anilines is 1. The minimum absolute atomic E-state index is 0.0255. The lowest BCUT2D eigenvalue weighted by atomic mass is 10.2. The smallest absolute Gasteiger partial charge is 0.338 e. The average molecular weight is 429 g/mol. The zero-order chi connectivity index (χ0) is 21.7. The van der Waals surface area contributed by atoms with Gasteiger partial charge in [0.05, 0.1) is 23.5 Å². The van der Waals surface area contributed by atoms with E-state index >= 15 is 0 Å². The van der Waals surface area contributed by atoms with Crippen LogP contribution < -0.4 is 5.32 Å². The van der Waals surface area contributed by atoms with Crippen molar-refractivity contribution in [3.05, 3.63) is 59.9 Å². The van der Waals surface area contributed by atoms with Crippen molar-refractivity contribution in [1.82, 2.24) is 4.90 Å². The molecule has 1 saturated heterocycles. The van der Waals surface area contributed by atoms with E-state index in [2.05, 4.69) is 10.3 Å². The van der Waals surface area contributed by atoms with E-state index in [1.54, 1.807) is 44.3 Å². The maximum atomic E-state index is 13.8. The van der Waals surface area contributed by atoms with Crippen molar-refractivity contribution in [2.75, 3.05) is 19.0 Å². The Balaban J connectivity index is 1.76. The third kappa shape index (κ3) is 5.04. The maximum absolute atomic E-state index is 13.8. The molecule has 0 saturated carbocycles. The second-order valence-corrected chi connectivity index (χ2v) is 7.56. The van der Waals surface area contributed by atoms with Crippen LogP contribution in [-0.4, -0.2) is 46.8 Å². The second kappa shape index (κ2) is 9.53. The number of hydrogen-bond acceptors (Lipinski definition) is 6. The molecule has 1 aliphatic rings. The number of esters is 1. The number of rotatable bonds is 5. The van der Waals surface area contributed by atoms with E-state index in [0.717, 1.165) is 11.8 Å². The molecule has 1 heterocycles. The minimum Gasteiger partial charge on any atom is -0.462 e. The van der Waals surface area contributed by atoms with Crippen LogP contribution in [0.3, 0.4) is 0 Å². The first-order valence-electron chi connectivity index (χ1n) is 9.23. The summed E-state index contributed by atoms with van der Waals surface area (Å²) in [6, 6.07) is 12.2. The average Bonchev–Trinajstić information content (AvgIpc) is 2.73. The summed E-state index contributed by atoms with van der Waals surface area (Å²) in [7, 11) is 1.58. The predicted octanol–water partition coefficient (Wildman–Crippen LogP) is 3.59. The molecule has 0 aromatic heterocycles. The van der Waals surface area contributed by atoms with Gasteiger partial charge in [-0.1, -0.05) is 23.9 Å². The maximum Gasteiger partial charge on any atom is 0.338 e. The number of hydrogen-bond donors (Lipinski definition) is 1. The molecule has 1 atom stereocenters. The number of aliphatic imine (C=N–C) groups is 1. The summed E-state index contributed by atoms with van der Waals surface area (Å²) in [5.41, 5.74) is 0.964. The molecule has 0 bridgehead atoms. The van der Waals surface area contributed by atoms with Crippen LogP contribution in [0.5, 0.6) is 0 Å². The lowest BCUT2D eigenvalue weighted by Gasteiger charge is -2.28. The summed E-state index contributed by atoms with van der Waals surface area (Å²) in [6.45, 7) is 2.01. The molecule has 156 valence electrons. The Morgan fingerprint density at radius 1 is 1.23 bits per heavy atom. The second-order valence-electron chi connectivity index (χ2n) is 6.39. The summed E-state index contributed by atoms with van der Waals surface area (Å²) < 4.78 is 18.7. The number of benzene rings is 2. The van der Waals surface area contributed by atoms with Gasteiger partial charge in [-0.2, -0.15) is 0 Å². The van der Waals surface area contributed by atoms with Crippen LogP contribution in [-0.2, 0) is 14.3 Å². The van der Waals surface area contributed by atoms with Gasteiger partial charge in [-0.3, -0.25) is 14.5 Å². The molecule has 1 aliphatic heterocycles. The van der Waals surface area contributed by atoms with Crippen LogP contribution in [0.4, 0.5) is 15.8 Å². The Labute approximate surface area is 177 Å². The molecule has 0 radical (unpaired) electrons. The Kier molecular flexibility index (Phi) is 6.83. The molecule has 9 heteroatoms. The van der Waals surface area contributed by atoms with Crippen LogP contribution in [0.1, 0.15) is 23.7 Å². The van der Waals surface area contributed by atoms with Gasteiger partial charge >= 0.3 is 5.97 Å². The zero-order valence-corrected chi connectivity index (χ0v) is 17.2. The van der Waals surface area contributed by atoms with Gasteiger partial charge < -0.3 is 10.1 Å². The van der Waals surface area contributed by atoms with E-state index in [-0.39, 0.29) is 24.6 Å². The standard InChI is InChI=1S/C21H20FN3O4S/c1-3-29-20(28)13-8-10-14(11-9-13)23-21-25(2)18(26)12-17(30-21)19(27)24-16-7-5-4-6-15(16)22/h4-11,17H,3,12H2,1-2H3,(H,24,27)/t17-/m1/s1. The van der Waals surface area contributed by atoms with Crippen molar-refractivity contribution in [2.45, 2.75) is 18.6 Å². The molecule has 2 aromatic carbocycles. The highest BCUT2D eigenvalue weighted by molar-refractivity contribution is 8.15. The Morgan fingerprint density at radius 3 is 2.60 bits per heavy atom. The first-order chi connectivity index (χ1) is 14.4. The fourth-order valence-corrected chi connectivity index (χ4v) is 3.73. The number of ether oxygens (including phenoxy) is 1. The van der Waals surface area contributed by atoms with Gasteiger partial charge in [0.25, 0.3) is 0 Å². The molecule has 30 heavy (non-hydrogen) atoms. The zero-order valence-electron chi connectivity index (χ0n) is 16.4. The lowest BCUT2D eigenvalue weighted by Crippen LogP contribution is -2.43. The highest BCUT2D eigenvalue weighted by atomic mass is 32.2. The first-order valence-corrected chi connectivity index (χ1v) is 10.1. The topological polar surface area (TPSA) is 88.1 Å². The van der Waals surface area contributed by atoms with Crippen molar-refractivity contribution in [3.63, 3.8) is 0 Å². The number of nitrogens with one attached hydrogen (secondary N) is 1. The highest BCUT2D eigenvalue weighted by Gasteiger charge is 2.34. The van der Waals surface area contributed by atoms with Gasteiger partial charge in [0.1, 0.15) is 11.1 Å². The third-order valence-electron chi connectivity index (χ3n) is 4.30. The van der Waals surface area contributed by atoms with Gasteiger partial charge in [-0.15, -0.1) is 0 Å². The van der Waals surface area contributed by atoms with Gasteiger partial charge in [0, 0.05) is 13.5 Å². The van der Waals surface area contributed by atoms with E-state index in [1.165, 1.54) is 23.1 Å². The number of carbonyl (C=O) groups excluding carboxylic acids is 3. The molecule has 1 fully saturated rings. The molecule has 0 spiro atoms. The molecular weight excluding hydrogens is 409 g/mol. The largest absolute Gasteiger partial charge is 0.462 e. The molecule has 2 amide bonds. The van der Waals surface area contributed by atoms with Crippen LogP contribution in [0.15, 0.2) is 53.5 Å². The third-order valence-corrected chi connectivity index (χ3v) is 5.54. The van der Waals surface area contributed by atoms with Crippen molar-refractivity contribution in [2.24, 2.45) is 4.99 Å². The van der Waals surface area contributed by atoms with Crippen LogP contribution in [0.2, 0.25) is 0 Å². The van der Waals surface area contributed by atoms with E-state index in [9.17, 15) is 18.8 Å². The van der Waals surface area contributed by atoms with E-state index in [0.29, 0.717) is 16.4 Å². The van der Waals surface area contributed by atoms with Gasteiger partial charge in [-0.05, 0) is 43.3 Å². The first kappa shape index (κ1) is 21.5. The van der Waals surface area contributed by atoms with Gasteiger partial charge in [0.15, 0.2) is 5.17 Å². The molecule has 2 aromatic rings. The van der Waals surface area contributed by atoms with Crippen molar-refractivity contribution >= 4 is 46.1 Å².